The van der Waals surface area contributed by atoms with Gasteiger partial charge >= 0.3 is 0 Å². The van der Waals surface area contributed by atoms with Crippen LogP contribution in [0.25, 0.3) is 0 Å². The summed E-state index contributed by atoms with van der Waals surface area (Å²) in [6.45, 7) is 2.50. The maximum absolute atomic E-state index is 13.8. The van der Waals surface area contributed by atoms with Crippen LogP contribution >= 0.6 is 0 Å². The Balaban J connectivity index is 2.22. The number of benzene rings is 1. The number of halogens is 2. The van der Waals surface area contributed by atoms with Crippen molar-refractivity contribution in [3.8, 4) is 0 Å². The van der Waals surface area contributed by atoms with Crippen molar-refractivity contribution in [1.29, 1.82) is 0 Å². The number of ether oxygens (including phenoxy) is 1. The Hall–Kier alpha value is -1.76. The third kappa shape index (κ3) is 3.22. The van der Waals surface area contributed by atoms with Crippen LogP contribution in [0.2, 0.25) is 0 Å². The molecule has 0 aliphatic carbocycles. The van der Waals surface area contributed by atoms with E-state index in [0.717, 1.165) is 12.5 Å². The van der Waals surface area contributed by atoms with Gasteiger partial charge in [0.05, 0.1) is 17.1 Å². The molecule has 7 heteroatoms. The molecule has 1 aromatic carbocycles. The van der Waals surface area contributed by atoms with Crippen molar-refractivity contribution in [2.75, 3.05) is 11.9 Å². The van der Waals surface area contributed by atoms with E-state index >= 15 is 0 Å². The Bertz CT molecular complexity index is 511. The normalized spacial score (nSPS) is 22.6. The van der Waals surface area contributed by atoms with E-state index in [-0.39, 0.29) is 17.8 Å². The predicted octanol–water partition coefficient (Wildman–Crippen LogP) is 3.24. The van der Waals surface area contributed by atoms with Crippen LogP contribution < -0.4 is 5.32 Å². The number of nitro groups is 1. The third-order valence-corrected chi connectivity index (χ3v) is 3.40. The molecule has 1 aliphatic heterocycles. The molecule has 1 aromatic rings. The van der Waals surface area contributed by atoms with Gasteiger partial charge in [-0.2, -0.15) is 0 Å². The van der Waals surface area contributed by atoms with Gasteiger partial charge in [0.1, 0.15) is 11.5 Å². The van der Waals surface area contributed by atoms with Gasteiger partial charge in [0.2, 0.25) is 0 Å². The molecule has 0 aromatic heterocycles. The van der Waals surface area contributed by atoms with Crippen molar-refractivity contribution in [2.24, 2.45) is 0 Å². The van der Waals surface area contributed by atoms with Crippen LogP contribution in [0, 0.1) is 21.7 Å². The maximum atomic E-state index is 13.8. The van der Waals surface area contributed by atoms with Gasteiger partial charge in [-0.25, -0.2) is 8.78 Å². The summed E-state index contributed by atoms with van der Waals surface area (Å²) in [7, 11) is 0. The van der Waals surface area contributed by atoms with Crippen LogP contribution in [0.4, 0.5) is 20.2 Å². The standard InChI is InChI=1S/C13H16F2N2O3/c1-2-10-7-9(3-4-20-10)16-13-11(15)5-8(14)6-12(13)17(18)19/h5-6,9-10,16H,2-4,7H2,1H3. The molecule has 1 heterocycles. The lowest BCUT2D eigenvalue weighted by molar-refractivity contribution is -0.384. The molecular formula is C13H16F2N2O3. The molecular weight excluding hydrogens is 270 g/mol. The molecule has 2 unspecified atom stereocenters. The van der Waals surface area contributed by atoms with Crippen molar-refractivity contribution in [3.63, 3.8) is 0 Å². The molecule has 2 atom stereocenters. The topological polar surface area (TPSA) is 64.4 Å². The van der Waals surface area contributed by atoms with E-state index in [1.807, 2.05) is 6.92 Å². The Morgan fingerprint density at radius 2 is 2.25 bits per heavy atom. The quantitative estimate of drug-likeness (QED) is 0.681. The molecule has 0 amide bonds. The largest absolute Gasteiger partial charge is 0.378 e. The molecule has 0 radical (unpaired) electrons. The lowest BCUT2D eigenvalue weighted by atomic mass is 10.0. The third-order valence-electron chi connectivity index (χ3n) is 3.40. The number of rotatable bonds is 4. The highest BCUT2D eigenvalue weighted by Gasteiger charge is 2.26. The molecule has 2 rings (SSSR count). The first-order chi connectivity index (χ1) is 9.51. The van der Waals surface area contributed by atoms with Crippen molar-refractivity contribution in [1.82, 2.24) is 0 Å². The average molecular weight is 286 g/mol. The van der Waals surface area contributed by atoms with Gasteiger partial charge in [0, 0.05) is 18.7 Å². The second kappa shape index (κ2) is 6.13. The highest BCUT2D eigenvalue weighted by atomic mass is 19.1. The minimum Gasteiger partial charge on any atom is -0.378 e. The molecule has 1 N–H and O–H groups in total. The average Bonchev–Trinajstić information content (AvgIpc) is 2.41. The van der Waals surface area contributed by atoms with Gasteiger partial charge in [-0.3, -0.25) is 10.1 Å². The van der Waals surface area contributed by atoms with Gasteiger partial charge in [-0.1, -0.05) is 6.92 Å². The zero-order valence-electron chi connectivity index (χ0n) is 11.1. The highest BCUT2D eigenvalue weighted by Crippen LogP contribution is 2.31. The fourth-order valence-electron chi connectivity index (χ4n) is 2.35. The van der Waals surface area contributed by atoms with Crippen LogP contribution in [0.5, 0.6) is 0 Å². The number of hydrogen-bond donors (Lipinski definition) is 1. The van der Waals surface area contributed by atoms with Gasteiger partial charge in [0.25, 0.3) is 5.69 Å². The van der Waals surface area contributed by atoms with E-state index in [4.69, 9.17) is 4.74 Å². The van der Waals surface area contributed by atoms with Crippen LogP contribution in [-0.2, 0) is 4.74 Å². The smallest absolute Gasteiger partial charge is 0.298 e. The first-order valence-corrected chi connectivity index (χ1v) is 6.52. The Kier molecular flexibility index (Phi) is 4.49. The minimum atomic E-state index is -0.960. The van der Waals surface area contributed by atoms with E-state index in [0.29, 0.717) is 25.5 Å². The van der Waals surface area contributed by atoms with Crippen molar-refractivity contribution in [3.05, 3.63) is 33.9 Å². The van der Waals surface area contributed by atoms with E-state index in [1.165, 1.54) is 0 Å². The summed E-state index contributed by atoms with van der Waals surface area (Å²) < 4.78 is 32.3. The van der Waals surface area contributed by atoms with Crippen LogP contribution in [0.3, 0.4) is 0 Å². The summed E-state index contributed by atoms with van der Waals surface area (Å²) in [5.74, 6) is -1.91. The summed E-state index contributed by atoms with van der Waals surface area (Å²) in [6.07, 6.45) is 2.16. The number of nitro benzene ring substituents is 1. The lowest BCUT2D eigenvalue weighted by Gasteiger charge is -2.30. The maximum Gasteiger partial charge on any atom is 0.298 e. The molecule has 0 saturated carbocycles. The molecule has 110 valence electrons. The first-order valence-electron chi connectivity index (χ1n) is 6.52. The van der Waals surface area contributed by atoms with Crippen LogP contribution in [0.15, 0.2) is 12.1 Å². The van der Waals surface area contributed by atoms with E-state index in [1.54, 1.807) is 0 Å². The number of nitrogens with zero attached hydrogens (tertiary/aromatic N) is 1. The van der Waals surface area contributed by atoms with E-state index in [2.05, 4.69) is 5.32 Å². The summed E-state index contributed by atoms with van der Waals surface area (Å²) in [5.41, 5.74) is -0.833. The molecule has 1 aliphatic rings. The zero-order chi connectivity index (χ0) is 14.7. The Morgan fingerprint density at radius 1 is 1.50 bits per heavy atom. The molecule has 1 saturated heterocycles. The molecule has 0 bridgehead atoms. The van der Waals surface area contributed by atoms with Gasteiger partial charge in [0.15, 0.2) is 5.82 Å². The highest BCUT2D eigenvalue weighted by molar-refractivity contribution is 5.63. The number of nitrogens with one attached hydrogen (secondary N) is 1. The Labute approximate surface area is 115 Å². The predicted molar refractivity (Wildman–Crippen MR) is 69.7 cm³/mol. The molecule has 20 heavy (non-hydrogen) atoms. The second-order valence-electron chi connectivity index (χ2n) is 4.81. The van der Waals surface area contributed by atoms with Crippen molar-refractivity contribution in [2.45, 2.75) is 38.3 Å². The van der Waals surface area contributed by atoms with E-state index < -0.39 is 22.2 Å². The van der Waals surface area contributed by atoms with Gasteiger partial charge < -0.3 is 10.1 Å². The summed E-state index contributed by atoms with van der Waals surface area (Å²) >= 11 is 0. The SMILES string of the molecule is CCC1CC(Nc2c(F)cc(F)cc2[N+](=O)[O-])CCO1. The van der Waals surface area contributed by atoms with Gasteiger partial charge in [-0.05, 0) is 19.3 Å². The summed E-state index contributed by atoms with van der Waals surface area (Å²) in [5, 5.41) is 13.7. The van der Waals surface area contributed by atoms with Crippen molar-refractivity contribution < 1.29 is 18.4 Å². The summed E-state index contributed by atoms with van der Waals surface area (Å²) in [6, 6.07) is 1.25. The van der Waals surface area contributed by atoms with Crippen LogP contribution in [0.1, 0.15) is 26.2 Å². The van der Waals surface area contributed by atoms with Gasteiger partial charge in [-0.15, -0.1) is 0 Å². The van der Waals surface area contributed by atoms with E-state index in [9.17, 15) is 18.9 Å². The number of anilines is 1. The second-order valence-corrected chi connectivity index (χ2v) is 4.81. The zero-order valence-corrected chi connectivity index (χ0v) is 11.1. The molecule has 0 spiro atoms. The fourth-order valence-corrected chi connectivity index (χ4v) is 2.35. The first kappa shape index (κ1) is 14.6. The summed E-state index contributed by atoms with van der Waals surface area (Å²) in [4.78, 5) is 10.1. The van der Waals surface area contributed by atoms with Crippen molar-refractivity contribution >= 4 is 11.4 Å². The minimum absolute atomic E-state index is 0.0591. The fraction of sp³-hybridized carbons (Fsp3) is 0.538. The van der Waals surface area contributed by atoms with Crippen LogP contribution in [-0.4, -0.2) is 23.7 Å². The number of hydrogen-bond acceptors (Lipinski definition) is 4. The molecule has 1 fully saturated rings. The molecule has 5 nitrogen and oxygen atoms in total. The Morgan fingerprint density at radius 3 is 2.90 bits per heavy atom. The lowest BCUT2D eigenvalue weighted by Crippen LogP contribution is -2.34. The monoisotopic (exact) mass is 286 g/mol.